The smallest absolute Gasteiger partial charge is 0.119 e. The molecule has 0 bridgehead atoms. The van der Waals surface area contributed by atoms with Crippen molar-refractivity contribution in [3.63, 3.8) is 0 Å². The van der Waals surface area contributed by atoms with Crippen LogP contribution in [0, 0.1) is 12.8 Å². The summed E-state index contributed by atoms with van der Waals surface area (Å²) in [4.78, 5) is 2.53. The molecular weight excluding hydrogens is 296 g/mol. The Hall–Kier alpha value is -0.770. The minimum atomic E-state index is 0. The second-order valence-corrected chi connectivity index (χ2v) is 6.63. The molecule has 0 spiro atoms. The highest BCUT2D eigenvalue weighted by Gasteiger charge is 2.24. The van der Waals surface area contributed by atoms with Crippen LogP contribution in [0.1, 0.15) is 31.2 Å². The van der Waals surface area contributed by atoms with E-state index >= 15 is 0 Å². The molecule has 2 aliphatic rings. The average Bonchev–Trinajstić information content (AvgIpc) is 3.31. The molecule has 2 fully saturated rings. The first kappa shape index (κ1) is 17.6. The van der Waals surface area contributed by atoms with Gasteiger partial charge in [0, 0.05) is 12.6 Å². The Kier molecular flexibility index (Phi) is 7.00. The normalized spacial score (nSPS) is 19.7. The average molecular weight is 325 g/mol. The van der Waals surface area contributed by atoms with Gasteiger partial charge < -0.3 is 10.1 Å². The lowest BCUT2D eigenvalue weighted by molar-refractivity contribution is 0.164. The summed E-state index contributed by atoms with van der Waals surface area (Å²) in [6.07, 6.45) is 5.47. The maximum Gasteiger partial charge on any atom is 0.119 e. The van der Waals surface area contributed by atoms with Gasteiger partial charge in [0.15, 0.2) is 0 Å². The molecule has 4 heteroatoms. The lowest BCUT2D eigenvalue weighted by Gasteiger charge is -2.32. The summed E-state index contributed by atoms with van der Waals surface area (Å²) in [5.41, 5.74) is 1.26. The van der Waals surface area contributed by atoms with Gasteiger partial charge in [-0.05, 0) is 75.9 Å². The van der Waals surface area contributed by atoms with Crippen molar-refractivity contribution >= 4 is 12.4 Å². The van der Waals surface area contributed by atoms with Crippen molar-refractivity contribution in [3.8, 4) is 5.75 Å². The number of likely N-dealkylation sites (tertiary alicyclic amines) is 1. The maximum atomic E-state index is 5.85. The molecule has 124 valence electrons. The topological polar surface area (TPSA) is 24.5 Å². The highest BCUT2D eigenvalue weighted by Crippen LogP contribution is 2.28. The molecule has 3 nitrogen and oxygen atoms in total. The Morgan fingerprint density at radius 1 is 1.18 bits per heavy atom. The van der Waals surface area contributed by atoms with Crippen molar-refractivity contribution in [2.45, 2.75) is 38.6 Å². The van der Waals surface area contributed by atoms with Crippen LogP contribution in [-0.4, -0.2) is 43.7 Å². The first-order valence-electron chi connectivity index (χ1n) is 8.45. The van der Waals surface area contributed by atoms with Crippen LogP contribution in [-0.2, 0) is 0 Å². The first-order chi connectivity index (χ1) is 10.3. The van der Waals surface area contributed by atoms with Gasteiger partial charge in [0.2, 0.25) is 0 Å². The molecule has 1 N–H and O–H groups in total. The lowest BCUT2D eigenvalue weighted by atomic mass is 10.0. The van der Waals surface area contributed by atoms with Gasteiger partial charge in [0.1, 0.15) is 12.4 Å². The van der Waals surface area contributed by atoms with E-state index in [4.69, 9.17) is 4.74 Å². The van der Waals surface area contributed by atoms with E-state index in [1.807, 2.05) is 6.07 Å². The zero-order valence-electron chi connectivity index (χ0n) is 13.6. The molecule has 1 saturated heterocycles. The molecule has 0 amide bonds. The van der Waals surface area contributed by atoms with Gasteiger partial charge in [-0.1, -0.05) is 12.1 Å². The van der Waals surface area contributed by atoms with Crippen molar-refractivity contribution in [1.29, 1.82) is 0 Å². The van der Waals surface area contributed by atoms with Crippen LogP contribution in [0.4, 0.5) is 0 Å². The van der Waals surface area contributed by atoms with E-state index in [9.17, 15) is 0 Å². The van der Waals surface area contributed by atoms with Gasteiger partial charge in [0.05, 0.1) is 0 Å². The minimum absolute atomic E-state index is 0. The molecule has 3 rings (SSSR count). The molecule has 1 aromatic rings. The van der Waals surface area contributed by atoms with Crippen LogP contribution >= 0.6 is 12.4 Å². The van der Waals surface area contributed by atoms with Crippen molar-refractivity contribution in [3.05, 3.63) is 29.8 Å². The highest BCUT2D eigenvalue weighted by atomic mass is 35.5. The number of piperidine rings is 1. The van der Waals surface area contributed by atoms with Crippen LogP contribution in [0.5, 0.6) is 5.75 Å². The van der Waals surface area contributed by atoms with Gasteiger partial charge in [0.25, 0.3) is 0 Å². The number of hydrogen-bond donors (Lipinski definition) is 1. The SMILES string of the molecule is Cc1cccc(OCCN2CCC(NCC3CC3)CC2)c1.Cl. The van der Waals surface area contributed by atoms with E-state index in [1.54, 1.807) is 0 Å². The standard InChI is InChI=1S/C18H28N2O.ClH/c1-15-3-2-4-18(13-15)21-12-11-20-9-7-17(8-10-20)19-14-16-5-6-16;/h2-4,13,16-17,19H,5-12,14H2,1H3;1H. The monoisotopic (exact) mass is 324 g/mol. The second kappa shape index (κ2) is 8.76. The number of nitrogens with zero attached hydrogens (tertiary/aromatic N) is 1. The van der Waals surface area contributed by atoms with Gasteiger partial charge in [-0.15, -0.1) is 12.4 Å². The molecule has 0 radical (unpaired) electrons. The Bertz CT molecular complexity index is 442. The molecule has 0 unspecified atom stereocenters. The Labute approximate surface area is 140 Å². The summed E-state index contributed by atoms with van der Waals surface area (Å²) in [5.74, 6) is 1.99. The quantitative estimate of drug-likeness (QED) is 0.833. The molecule has 1 heterocycles. The summed E-state index contributed by atoms with van der Waals surface area (Å²) >= 11 is 0. The molecular formula is C18H29ClN2O. The van der Waals surface area contributed by atoms with E-state index in [0.717, 1.165) is 30.9 Å². The van der Waals surface area contributed by atoms with Gasteiger partial charge in [-0.3, -0.25) is 4.90 Å². The summed E-state index contributed by atoms with van der Waals surface area (Å²) in [6, 6.07) is 9.06. The van der Waals surface area contributed by atoms with Gasteiger partial charge >= 0.3 is 0 Å². The molecule has 1 aliphatic carbocycles. The largest absolute Gasteiger partial charge is 0.492 e. The van der Waals surface area contributed by atoms with E-state index < -0.39 is 0 Å². The third kappa shape index (κ3) is 5.79. The summed E-state index contributed by atoms with van der Waals surface area (Å²) < 4.78 is 5.85. The van der Waals surface area contributed by atoms with E-state index in [1.165, 1.54) is 50.9 Å². The third-order valence-corrected chi connectivity index (χ3v) is 4.65. The van der Waals surface area contributed by atoms with Crippen LogP contribution in [0.2, 0.25) is 0 Å². The number of hydrogen-bond acceptors (Lipinski definition) is 3. The number of ether oxygens (including phenoxy) is 1. The zero-order chi connectivity index (χ0) is 14.5. The summed E-state index contributed by atoms with van der Waals surface area (Å²) in [7, 11) is 0. The highest BCUT2D eigenvalue weighted by molar-refractivity contribution is 5.85. The number of rotatable bonds is 7. The molecule has 0 atom stereocenters. The minimum Gasteiger partial charge on any atom is -0.492 e. The first-order valence-corrected chi connectivity index (χ1v) is 8.45. The Morgan fingerprint density at radius 2 is 1.95 bits per heavy atom. The van der Waals surface area contributed by atoms with E-state index in [-0.39, 0.29) is 12.4 Å². The number of benzene rings is 1. The predicted molar refractivity (Wildman–Crippen MR) is 94.1 cm³/mol. The lowest BCUT2D eigenvalue weighted by Crippen LogP contribution is -2.44. The summed E-state index contributed by atoms with van der Waals surface area (Å²) in [5, 5.41) is 3.73. The Morgan fingerprint density at radius 3 is 2.64 bits per heavy atom. The van der Waals surface area contributed by atoms with Crippen molar-refractivity contribution in [2.24, 2.45) is 5.92 Å². The summed E-state index contributed by atoms with van der Waals surface area (Å²) in [6.45, 7) is 7.61. The number of nitrogens with one attached hydrogen (secondary N) is 1. The second-order valence-electron chi connectivity index (χ2n) is 6.63. The zero-order valence-corrected chi connectivity index (χ0v) is 14.4. The Balaban J connectivity index is 0.00000176. The molecule has 1 aliphatic heterocycles. The van der Waals surface area contributed by atoms with Crippen LogP contribution < -0.4 is 10.1 Å². The van der Waals surface area contributed by atoms with Crippen molar-refractivity contribution in [2.75, 3.05) is 32.8 Å². The van der Waals surface area contributed by atoms with Gasteiger partial charge in [-0.2, -0.15) is 0 Å². The molecule has 1 aromatic carbocycles. The van der Waals surface area contributed by atoms with Crippen LogP contribution in [0.3, 0.4) is 0 Å². The van der Waals surface area contributed by atoms with Crippen LogP contribution in [0.25, 0.3) is 0 Å². The maximum absolute atomic E-state index is 5.85. The van der Waals surface area contributed by atoms with Crippen LogP contribution in [0.15, 0.2) is 24.3 Å². The van der Waals surface area contributed by atoms with Crippen molar-refractivity contribution < 1.29 is 4.74 Å². The number of halogens is 1. The molecule has 1 saturated carbocycles. The molecule has 22 heavy (non-hydrogen) atoms. The number of aryl methyl sites for hydroxylation is 1. The van der Waals surface area contributed by atoms with E-state index in [0.29, 0.717) is 0 Å². The van der Waals surface area contributed by atoms with E-state index in [2.05, 4.69) is 35.3 Å². The fraction of sp³-hybridized carbons (Fsp3) is 0.667. The third-order valence-electron chi connectivity index (χ3n) is 4.65. The van der Waals surface area contributed by atoms with Gasteiger partial charge in [-0.25, -0.2) is 0 Å². The predicted octanol–water partition coefficient (Wildman–Crippen LogP) is 3.26. The fourth-order valence-electron chi connectivity index (χ4n) is 3.01. The molecule has 0 aromatic heterocycles. The van der Waals surface area contributed by atoms with Crippen molar-refractivity contribution in [1.82, 2.24) is 10.2 Å². The fourth-order valence-corrected chi connectivity index (χ4v) is 3.01.